The van der Waals surface area contributed by atoms with Gasteiger partial charge in [0.1, 0.15) is 11.8 Å². The van der Waals surface area contributed by atoms with E-state index in [0.29, 0.717) is 22.6 Å². The minimum atomic E-state index is -0.909. The summed E-state index contributed by atoms with van der Waals surface area (Å²) in [4.78, 5) is 45.1. The van der Waals surface area contributed by atoms with Gasteiger partial charge in [-0.2, -0.15) is 0 Å². The third kappa shape index (κ3) is 5.93. The summed E-state index contributed by atoms with van der Waals surface area (Å²) in [7, 11) is 1.59. The van der Waals surface area contributed by atoms with E-state index in [1.165, 1.54) is 13.3 Å². The molecule has 3 aromatic carbocycles. The molecule has 0 radical (unpaired) electrons. The van der Waals surface area contributed by atoms with Crippen LogP contribution < -0.4 is 15.0 Å². The summed E-state index contributed by atoms with van der Waals surface area (Å²) < 4.78 is 5.35. The van der Waals surface area contributed by atoms with Crippen LogP contribution in [-0.2, 0) is 16.0 Å². The van der Waals surface area contributed by atoms with Crippen molar-refractivity contribution in [3.63, 3.8) is 0 Å². The lowest BCUT2D eigenvalue weighted by Gasteiger charge is -2.33. The number of aromatic amines is 1. The molecule has 0 unspecified atom stereocenters. The predicted octanol–water partition coefficient (Wildman–Crippen LogP) is 6.15. The van der Waals surface area contributed by atoms with Crippen LogP contribution in [0.2, 0.25) is 0 Å². The molecule has 1 saturated carbocycles. The van der Waals surface area contributed by atoms with Gasteiger partial charge < -0.3 is 15.0 Å². The number of carbonyl (C=O) groups excluding carboxylic acids is 3. The SMILES string of the molecule is COc1ccc([C@@H](C(=O)NC2CCCCC2)N(C(=O)Cc2c[nH]c3ccccc23)c2ccc(C(C)=O)cc2)cc1. The first-order valence-corrected chi connectivity index (χ1v) is 13.9. The number of anilines is 1. The number of hydrogen-bond acceptors (Lipinski definition) is 4. The van der Waals surface area contributed by atoms with Gasteiger partial charge in [-0.15, -0.1) is 0 Å². The van der Waals surface area contributed by atoms with E-state index in [0.717, 1.165) is 42.1 Å². The second kappa shape index (κ2) is 12.2. The van der Waals surface area contributed by atoms with Crippen molar-refractivity contribution in [2.24, 2.45) is 0 Å². The van der Waals surface area contributed by atoms with Gasteiger partial charge in [-0.05, 0) is 73.4 Å². The average molecular weight is 538 g/mol. The second-order valence-electron chi connectivity index (χ2n) is 10.4. The molecule has 1 aliphatic carbocycles. The van der Waals surface area contributed by atoms with Gasteiger partial charge in [-0.3, -0.25) is 19.3 Å². The Kier molecular flexibility index (Phi) is 8.29. The van der Waals surface area contributed by atoms with Crippen molar-refractivity contribution in [2.75, 3.05) is 12.0 Å². The molecular weight excluding hydrogens is 502 g/mol. The Morgan fingerprint density at radius 3 is 2.33 bits per heavy atom. The number of aromatic nitrogens is 1. The van der Waals surface area contributed by atoms with Crippen LogP contribution in [-0.4, -0.2) is 35.7 Å². The number of nitrogens with zero attached hydrogens (tertiary/aromatic N) is 1. The molecule has 1 aliphatic rings. The standard InChI is InChI=1S/C33H35N3O4/c1-22(37)23-12-16-27(17-13-23)36(31(38)20-25-21-34-30-11-7-6-10-29(25)30)32(24-14-18-28(40-2)19-15-24)33(39)35-26-8-4-3-5-9-26/h6-7,10-19,21,26,32,34H,3-5,8-9,20H2,1-2H3,(H,35,39)/t32-/m0/s1. The maximum absolute atomic E-state index is 14.2. The molecule has 1 heterocycles. The quantitative estimate of drug-likeness (QED) is 0.251. The molecule has 4 aromatic rings. The van der Waals surface area contributed by atoms with Crippen molar-refractivity contribution in [3.05, 3.63) is 95.7 Å². The average Bonchev–Trinajstić information content (AvgIpc) is 3.39. The monoisotopic (exact) mass is 537 g/mol. The third-order valence-electron chi connectivity index (χ3n) is 7.73. The Labute approximate surface area is 234 Å². The van der Waals surface area contributed by atoms with Gasteiger partial charge in [-0.25, -0.2) is 0 Å². The largest absolute Gasteiger partial charge is 0.497 e. The maximum atomic E-state index is 14.2. The summed E-state index contributed by atoms with van der Waals surface area (Å²) in [5, 5.41) is 4.21. The topological polar surface area (TPSA) is 91.5 Å². The number of hydrogen-bond donors (Lipinski definition) is 2. The number of benzene rings is 3. The number of H-pyrrole nitrogens is 1. The van der Waals surface area contributed by atoms with Gasteiger partial charge in [0, 0.05) is 34.4 Å². The van der Waals surface area contributed by atoms with Gasteiger partial charge in [0.05, 0.1) is 13.5 Å². The minimum Gasteiger partial charge on any atom is -0.497 e. The van der Waals surface area contributed by atoms with Gasteiger partial charge in [0.25, 0.3) is 0 Å². The molecule has 0 bridgehead atoms. The highest BCUT2D eigenvalue weighted by Crippen LogP contribution is 2.32. The van der Waals surface area contributed by atoms with Crippen LogP contribution in [0, 0.1) is 0 Å². The highest BCUT2D eigenvalue weighted by Gasteiger charge is 2.34. The van der Waals surface area contributed by atoms with Crippen LogP contribution in [0.4, 0.5) is 5.69 Å². The van der Waals surface area contributed by atoms with E-state index in [-0.39, 0.29) is 30.1 Å². The normalized spacial score (nSPS) is 14.4. The molecule has 0 spiro atoms. The molecular formula is C33H35N3O4. The summed E-state index contributed by atoms with van der Waals surface area (Å²) in [5.41, 5.74) is 3.57. The summed E-state index contributed by atoms with van der Waals surface area (Å²) >= 11 is 0. The van der Waals surface area contributed by atoms with E-state index in [4.69, 9.17) is 4.74 Å². The highest BCUT2D eigenvalue weighted by atomic mass is 16.5. The fourth-order valence-electron chi connectivity index (χ4n) is 5.55. The lowest BCUT2D eigenvalue weighted by atomic mass is 9.94. The highest BCUT2D eigenvalue weighted by molar-refractivity contribution is 6.04. The first-order valence-electron chi connectivity index (χ1n) is 13.9. The molecule has 206 valence electrons. The Morgan fingerprint density at radius 2 is 1.65 bits per heavy atom. The summed E-state index contributed by atoms with van der Waals surface area (Å²) in [6, 6.07) is 21.2. The summed E-state index contributed by atoms with van der Waals surface area (Å²) in [5.74, 6) is 0.155. The van der Waals surface area contributed by atoms with Crippen molar-refractivity contribution < 1.29 is 19.1 Å². The number of Topliss-reactive ketones (excluding diaryl/α,β-unsaturated/α-hetero) is 1. The zero-order valence-corrected chi connectivity index (χ0v) is 23.0. The van der Waals surface area contributed by atoms with Crippen molar-refractivity contribution >= 4 is 34.2 Å². The lowest BCUT2D eigenvalue weighted by molar-refractivity contribution is -0.127. The number of carbonyl (C=O) groups is 3. The number of ether oxygens (including phenoxy) is 1. The van der Waals surface area contributed by atoms with Crippen LogP contribution in [0.15, 0.2) is 79.0 Å². The predicted molar refractivity (Wildman–Crippen MR) is 157 cm³/mol. The minimum absolute atomic E-state index is 0.0648. The Hall–Kier alpha value is -4.39. The number of methoxy groups -OCH3 is 1. The maximum Gasteiger partial charge on any atom is 0.248 e. The number of amides is 2. The van der Waals surface area contributed by atoms with Crippen molar-refractivity contribution in [3.8, 4) is 5.75 Å². The zero-order valence-electron chi connectivity index (χ0n) is 23.0. The Morgan fingerprint density at radius 1 is 0.950 bits per heavy atom. The number of ketones is 1. The summed E-state index contributed by atoms with van der Waals surface area (Å²) in [6.07, 6.45) is 7.13. The number of fused-ring (bicyclic) bond motifs is 1. The van der Waals surface area contributed by atoms with Gasteiger partial charge in [-0.1, -0.05) is 49.6 Å². The van der Waals surface area contributed by atoms with Crippen molar-refractivity contribution in [1.29, 1.82) is 0 Å². The lowest BCUT2D eigenvalue weighted by Crippen LogP contribution is -2.47. The molecule has 7 heteroatoms. The van der Waals surface area contributed by atoms with Gasteiger partial charge in [0.2, 0.25) is 11.8 Å². The second-order valence-corrected chi connectivity index (χ2v) is 10.4. The van der Waals surface area contributed by atoms with Crippen molar-refractivity contribution in [1.82, 2.24) is 10.3 Å². The van der Waals surface area contributed by atoms with Crippen LogP contribution in [0.25, 0.3) is 10.9 Å². The summed E-state index contributed by atoms with van der Waals surface area (Å²) in [6.45, 7) is 1.51. The molecule has 2 N–H and O–H groups in total. The van der Waals surface area contributed by atoms with Crippen molar-refractivity contribution in [2.45, 2.75) is 57.5 Å². The first-order chi connectivity index (χ1) is 19.4. The van der Waals surface area contributed by atoms with Gasteiger partial charge >= 0.3 is 0 Å². The molecule has 40 heavy (non-hydrogen) atoms. The molecule has 2 amide bonds. The van der Waals surface area contributed by atoms with E-state index in [1.807, 2.05) is 42.6 Å². The smallest absolute Gasteiger partial charge is 0.248 e. The van der Waals surface area contributed by atoms with E-state index >= 15 is 0 Å². The third-order valence-corrected chi connectivity index (χ3v) is 7.73. The fraction of sp³-hybridized carbons (Fsp3) is 0.303. The van der Waals surface area contributed by atoms with Crippen LogP contribution >= 0.6 is 0 Å². The fourth-order valence-corrected chi connectivity index (χ4v) is 5.55. The van der Waals surface area contributed by atoms with Gasteiger partial charge in [0.15, 0.2) is 5.78 Å². The molecule has 0 saturated heterocycles. The first kappa shape index (κ1) is 27.2. The Bertz CT molecular complexity index is 1480. The Balaban J connectivity index is 1.57. The molecule has 5 rings (SSSR count). The van der Waals surface area contributed by atoms with E-state index in [9.17, 15) is 14.4 Å². The zero-order chi connectivity index (χ0) is 28.1. The van der Waals surface area contributed by atoms with Crippen LogP contribution in [0.1, 0.15) is 66.6 Å². The molecule has 7 nitrogen and oxygen atoms in total. The van der Waals surface area contributed by atoms with Crippen LogP contribution in [0.5, 0.6) is 5.75 Å². The number of nitrogens with one attached hydrogen (secondary N) is 2. The number of para-hydroxylation sites is 1. The molecule has 1 fully saturated rings. The molecule has 1 atom stereocenters. The molecule has 0 aliphatic heterocycles. The van der Waals surface area contributed by atoms with Crippen LogP contribution in [0.3, 0.4) is 0 Å². The van der Waals surface area contributed by atoms with E-state index in [2.05, 4.69) is 10.3 Å². The molecule has 1 aromatic heterocycles. The van der Waals surface area contributed by atoms with E-state index < -0.39 is 6.04 Å². The van der Waals surface area contributed by atoms with E-state index in [1.54, 1.807) is 48.4 Å². The number of rotatable bonds is 9.